The van der Waals surface area contributed by atoms with Crippen molar-refractivity contribution in [2.45, 2.75) is 39.0 Å². The van der Waals surface area contributed by atoms with E-state index in [4.69, 9.17) is 10.5 Å². The molecule has 1 atom stereocenters. The van der Waals surface area contributed by atoms with Gasteiger partial charge in [-0.3, -0.25) is 9.58 Å². The van der Waals surface area contributed by atoms with Crippen LogP contribution in [-0.4, -0.2) is 63.5 Å². The van der Waals surface area contributed by atoms with Crippen LogP contribution in [0.15, 0.2) is 12.4 Å². The second kappa shape index (κ2) is 6.66. The van der Waals surface area contributed by atoms with Gasteiger partial charge in [0, 0.05) is 57.6 Å². The molecule has 1 saturated heterocycles. The van der Waals surface area contributed by atoms with Crippen LogP contribution >= 0.6 is 0 Å². The van der Waals surface area contributed by atoms with Gasteiger partial charge >= 0.3 is 6.09 Å². The van der Waals surface area contributed by atoms with Crippen molar-refractivity contribution < 1.29 is 9.53 Å². The van der Waals surface area contributed by atoms with Gasteiger partial charge in [0.25, 0.3) is 0 Å². The number of piperazine rings is 1. The Bertz CT molecular complexity index is 508. The van der Waals surface area contributed by atoms with Gasteiger partial charge in [0.1, 0.15) is 5.60 Å². The number of aryl methyl sites for hydroxylation is 1. The molecule has 0 bridgehead atoms. The van der Waals surface area contributed by atoms with Crippen LogP contribution < -0.4 is 5.73 Å². The van der Waals surface area contributed by atoms with Crippen LogP contribution in [0.4, 0.5) is 4.79 Å². The van der Waals surface area contributed by atoms with Crippen LogP contribution in [-0.2, 0) is 18.3 Å². The van der Waals surface area contributed by atoms with E-state index in [0.29, 0.717) is 19.6 Å². The van der Waals surface area contributed by atoms with Crippen molar-refractivity contribution >= 4 is 6.09 Å². The molecule has 22 heavy (non-hydrogen) atoms. The molecule has 0 aromatic carbocycles. The Morgan fingerprint density at radius 3 is 2.73 bits per heavy atom. The molecule has 0 saturated carbocycles. The standard InChI is InChI=1S/C15H27N5O2/c1-15(2,3)22-14(21)20-6-5-19(13(7-16)11-20)10-12-8-17-18(4)9-12/h8-9,13H,5-7,10-11,16H2,1-4H3. The van der Waals surface area contributed by atoms with E-state index in [2.05, 4.69) is 10.00 Å². The largest absolute Gasteiger partial charge is 0.444 e. The van der Waals surface area contributed by atoms with Gasteiger partial charge in [-0.05, 0) is 20.8 Å². The number of carbonyl (C=O) groups excluding carboxylic acids is 1. The summed E-state index contributed by atoms with van der Waals surface area (Å²) < 4.78 is 7.24. The third-order valence-corrected chi connectivity index (χ3v) is 3.67. The maximum Gasteiger partial charge on any atom is 0.410 e. The van der Waals surface area contributed by atoms with Gasteiger partial charge in [-0.2, -0.15) is 5.10 Å². The van der Waals surface area contributed by atoms with Crippen molar-refractivity contribution in [2.24, 2.45) is 12.8 Å². The second-order valence-corrected chi connectivity index (χ2v) is 6.81. The molecule has 2 N–H and O–H groups in total. The number of carbonyl (C=O) groups is 1. The topological polar surface area (TPSA) is 76.6 Å². The number of amides is 1. The monoisotopic (exact) mass is 309 g/mol. The average molecular weight is 309 g/mol. The van der Waals surface area contributed by atoms with Crippen molar-refractivity contribution in [2.75, 3.05) is 26.2 Å². The van der Waals surface area contributed by atoms with Gasteiger partial charge in [0.05, 0.1) is 6.20 Å². The maximum absolute atomic E-state index is 12.2. The molecule has 1 aromatic rings. The highest BCUT2D eigenvalue weighted by Gasteiger charge is 2.31. The first-order valence-corrected chi connectivity index (χ1v) is 7.68. The first kappa shape index (κ1) is 16.8. The molecule has 2 heterocycles. The van der Waals surface area contributed by atoms with E-state index in [-0.39, 0.29) is 12.1 Å². The van der Waals surface area contributed by atoms with E-state index in [9.17, 15) is 4.79 Å². The van der Waals surface area contributed by atoms with Crippen LogP contribution in [0.1, 0.15) is 26.3 Å². The lowest BCUT2D eigenvalue weighted by Gasteiger charge is -2.41. The molecule has 124 valence electrons. The average Bonchev–Trinajstić information content (AvgIpc) is 2.82. The van der Waals surface area contributed by atoms with E-state index in [1.165, 1.54) is 0 Å². The lowest BCUT2D eigenvalue weighted by Crippen LogP contribution is -2.57. The van der Waals surface area contributed by atoms with Gasteiger partial charge in [0.2, 0.25) is 0 Å². The minimum atomic E-state index is -0.470. The molecule has 7 heteroatoms. The summed E-state index contributed by atoms with van der Waals surface area (Å²) >= 11 is 0. The molecule has 1 unspecified atom stereocenters. The molecule has 1 aliphatic rings. The number of hydrogen-bond donors (Lipinski definition) is 1. The summed E-state index contributed by atoms with van der Waals surface area (Å²) in [7, 11) is 1.91. The van der Waals surface area contributed by atoms with E-state index in [0.717, 1.165) is 18.7 Å². The van der Waals surface area contributed by atoms with Gasteiger partial charge in [-0.1, -0.05) is 0 Å². The summed E-state index contributed by atoms with van der Waals surface area (Å²) in [4.78, 5) is 16.2. The number of rotatable bonds is 3. The predicted molar refractivity (Wildman–Crippen MR) is 84.3 cm³/mol. The van der Waals surface area contributed by atoms with Gasteiger partial charge in [-0.15, -0.1) is 0 Å². The zero-order valence-electron chi connectivity index (χ0n) is 14.0. The molecule has 1 aliphatic heterocycles. The molecule has 7 nitrogen and oxygen atoms in total. The molecular formula is C15H27N5O2. The molecule has 2 rings (SSSR count). The van der Waals surface area contributed by atoms with Crippen LogP contribution in [0.3, 0.4) is 0 Å². The maximum atomic E-state index is 12.2. The lowest BCUT2D eigenvalue weighted by atomic mass is 10.1. The fourth-order valence-electron chi connectivity index (χ4n) is 2.60. The molecule has 0 spiro atoms. The minimum absolute atomic E-state index is 0.140. The summed E-state index contributed by atoms with van der Waals surface area (Å²) in [5.74, 6) is 0. The van der Waals surface area contributed by atoms with E-state index in [1.54, 1.807) is 9.58 Å². The van der Waals surface area contributed by atoms with Crippen LogP contribution in [0.25, 0.3) is 0 Å². The van der Waals surface area contributed by atoms with E-state index in [1.807, 2.05) is 40.2 Å². The molecule has 1 amide bonds. The highest BCUT2D eigenvalue weighted by atomic mass is 16.6. The quantitative estimate of drug-likeness (QED) is 0.894. The summed E-state index contributed by atoms with van der Waals surface area (Å²) in [6.07, 6.45) is 3.62. The fourth-order valence-corrected chi connectivity index (χ4v) is 2.60. The van der Waals surface area contributed by atoms with Crippen molar-refractivity contribution in [1.82, 2.24) is 19.6 Å². The second-order valence-electron chi connectivity index (χ2n) is 6.81. The Morgan fingerprint density at radius 1 is 1.45 bits per heavy atom. The van der Waals surface area contributed by atoms with Crippen LogP contribution in [0, 0.1) is 0 Å². The van der Waals surface area contributed by atoms with Crippen molar-refractivity contribution in [1.29, 1.82) is 0 Å². The summed E-state index contributed by atoms with van der Waals surface area (Å²) in [5.41, 5.74) is 6.59. The van der Waals surface area contributed by atoms with E-state index < -0.39 is 5.60 Å². The first-order chi connectivity index (χ1) is 10.3. The Labute approximate surface area is 132 Å². The Morgan fingerprint density at radius 2 is 2.18 bits per heavy atom. The van der Waals surface area contributed by atoms with Gasteiger partial charge < -0.3 is 15.4 Å². The van der Waals surface area contributed by atoms with Crippen molar-refractivity contribution in [3.63, 3.8) is 0 Å². The first-order valence-electron chi connectivity index (χ1n) is 7.68. The summed E-state index contributed by atoms with van der Waals surface area (Å²) in [6, 6.07) is 0.140. The number of ether oxygens (including phenoxy) is 1. The Kier molecular flexibility index (Phi) is 5.08. The van der Waals surface area contributed by atoms with Crippen LogP contribution in [0.5, 0.6) is 0 Å². The zero-order valence-corrected chi connectivity index (χ0v) is 14.0. The molecule has 0 radical (unpaired) electrons. The van der Waals surface area contributed by atoms with Crippen molar-refractivity contribution in [3.8, 4) is 0 Å². The smallest absolute Gasteiger partial charge is 0.410 e. The predicted octanol–water partition coefficient (Wildman–Crippen LogP) is 0.800. The lowest BCUT2D eigenvalue weighted by molar-refractivity contribution is 0.00353. The normalized spacial score (nSPS) is 20.2. The third kappa shape index (κ3) is 4.45. The Hall–Kier alpha value is -1.60. The number of nitrogens with two attached hydrogens (primary N) is 1. The Balaban J connectivity index is 1.94. The van der Waals surface area contributed by atoms with Gasteiger partial charge in [-0.25, -0.2) is 4.79 Å². The number of aromatic nitrogens is 2. The molecular weight excluding hydrogens is 282 g/mol. The number of hydrogen-bond acceptors (Lipinski definition) is 5. The van der Waals surface area contributed by atoms with Gasteiger partial charge in [0.15, 0.2) is 0 Å². The SMILES string of the molecule is Cn1cc(CN2CCN(C(=O)OC(C)(C)C)CC2CN)cn1. The van der Waals surface area contributed by atoms with Crippen LogP contribution in [0.2, 0.25) is 0 Å². The highest BCUT2D eigenvalue weighted by Crippen LogP contribution is 2.16. The highest BCUT2D eigenvalue weighted by molar-refractivity contribution is 5.68. The third-order valence-electron chi connectivity index (χ3n) is 3.67. The molecule has 1 aromatic heterocycles. The fraction of sp³-hybridized carbons (Fsp3) is 0.733. The molecule has 0 aliphatic carbocycles. The van der Waals surface area contributed by atoms with Crippen molar-refractivity contribution in [3.05, 3.63) is 18.0 Å². The summed E-state index contributed by atoms with van der Waals surface area (Å²) in [6.45, 7) is 9.00. The number of nitrogens with zero attached hydrogens (tertiary/aromatic N) is 4. The van der Waals surface area contributed by atoms with E-state index >= 15 is 0 Å². The summed E-state index contributed by atoms with van der Waals surface area (Å²) in [5, 5.41) is 4.19. The molecule has 1 fully saturated rings. The minimum Gasteiger partial charge on any atom is -0.444 e. The zero-order chi connectivity index (χ0) is 16.3.